The molecule has 7 heteroatoms. The van der Waals surface area contributed by atoms with Gasteiger partial charge in [-0.05, 0) is 62.7 Å². The SMILES string of the molecule is COc1ccc([C@@H](CNC(=O)c2nn(-c3ccccc3)c(C)cc2=O)N2CCCCC2)cc1. The summed E-state index contributed by atoms with van der Waals surface area (Å²) in [6, 6.07) is 18.9. The van der Waals surface area contributed by atoms with Crippen LogP contribution in [0.15, 0.2) is 65.5 Å². The zero-order chi connectivity index (χ0) is 23.2. The van der Waals surface area contributed by atoms with Gasteiger partial charge in [-0.2, -0.15) is 5.10 Å². The van der Waals surface area contributed by atoms with Crippen LogP contribution in [0.4, 0.5) is 0 Å². The van der Waals surface area contributed by atoms with Crippen LogP contribution in [0.2, 0.25) is 0 Å². The van der Waals surface area contributed by atoms with Crippen molar-refractivity contribution in [3.8, 4) is 11.4 Å². The number of methoxy groups -OCH3 is 1. The molecule has 4 rings (SSSR count). The quantitative estimate of drug-likeness (QED) is 0.601. The second-order valence-corrected chi connectivity index (χ2v) is 8.34. The Kier molecular flexibility index (Phi) is 7.19. The van der Waals surface area contributed by atoms with Crippen molar-refractivity contribution in [1.82, 2.24) is 20.0 Å². The molecule has 0 spiro atoms. The summed E-state index contributed by atoms with van der Waals surface area (Å²) in [5.74, 6) is 0.339. The molecular formula is C26H30N4O3. The number of carbonyl (C=O) groups is 1. The lowest BCUT2D eigenvalue weighted by Crippen LogP contribution is -2.42. The molecule has 0 saturated carbocycles. The summed E-state index contributed by atoms with van der Waals surface area (Å²) >= 11 is 0. The van der Waals surface area contributed by atoms with Gasteiger partial charge in [0.25, 0.3) is 5.91 Å². The van der Waals surface area contributed by atoms with Gasteiger partial charge in [-0.1, -0.05) is 36.8 Å². The van der Waals surface area contributed by atoms with Gasteiger partial charge in [0.15, 0.2) is 5.69 Å². The van der Waals surface area contributed by atoms with Crippen molar-refractivity contribution in [3.05, 3.63) is 87.8 Å². The summed E-state index contributed by atoms with van der Waals surface area (Å²) < 4.78 is 6.92. The number of hydrogen-bond acceptors (Lipinski definition) is 5. The minimum absolute atomic E-state index is 0.0157. The lowest BCUT2D eigenvalue weighted by molar-refractivity contribution is 0.0916. The van der Waals surface area contributed by atoms with E-state index in [4.69, 9.17) is 4.74 Å². The molecule has 33 heavy (non-hydrogen) atoms. The second kappa shape index (κ2) is 10.4. The normalized spacial score (nSPS) is 15.1. The Hall–Kier alpha value is -3.45. The van der Waals surface area contributed by atoms with Crippen molar-refractivity contribution in [1.29, 1.82) is 0 Å². The number of carbonyl (C=O) groups excluding carboxylic acids is 1. The fourth-order valence-electron chi connectivity index (χ4n) is 4.32. The Bertz CT molecular complexity index is 1140. The average molecular weight is 447 g/mol. The lowest BCUT2D eigenvalue weighted by atomic mass is 10.0. The molecule has 1 amide bonds. The number of likely N-dealkylation sites (tertiary alicyclic amines) is 1. The maximum atomic E-state index is 13.1. The fraction of sp³-hybridized carbons (Fsp3) is 0.346. The van der Waals surface area contributed by atoms with Crippen molar-refractivity contribution < 1.29 is 9.53 Å². The van der Waals surface area contributed by atoms with Crippen molar-refractivity contribution in [2.45, 2.75) is 32.2 Å². The van der Waals surface area contributed by atoms with Crippen LogP contribution in [-0.4, -0.2) is 47.3 Å². The number of nitrogens with one attached hydrogen (secondary N) is 1. The number of benzene rings is 2. The Morgan fingerprint density at radius 1 is 1.06 bits per heavy atom. The van der Waals surface area contributed by atoms with Gasteiger partial charge >= 0.3 is 0 Å². The molecule has 0 radical (unpaired) electrons. The zero-order valence-electron chi connectivity index (χ0n) is 19.2. The second-order valence-electron chi connectivity index (χ2n) is 8.34. The first-order valence-corrected chi connectivity index (χ1v) is 11.4. The first-order valence-electron chi connectivity index (χ1n) is 11.4. The van der Waals surface area contributed by atoms with Crippen LogP contribution in [0.5, 0.6) is 5.75 Å². The Labute approximate surface area is 194 Å². The number of hydrogen-bond donors (Lipinski definition) is 1. The summed E-state index contributed by atoms with van der Waals surface area (Å²) in [7, 11) is 1.65. The first-order chi connectivity index (χ1) is 16.1. The van der Waals surface area contributed by atoms with Crippen LogP contribution in [0.3, 0.4) is 0 Å². The molecule has 7 nitrogen and oxygen atoms in total. The number of para-hydroxylation sites is 1. The van der Waals surface area contributed by atoms with Crippen LogP contribution in [0, 0.1) is 6.92 Å². The van der Waals surface area contributed by atoms with Crippen LogP contribution >= 0.6 is 0 Å². The van der Waals surface area contributed by atoms with Crippen molar-refractivity contribution >= 4 is 5.91 Å². The van der Waals surface area contributed by atoms with Gasteiger partial charge in [-0.15, -0.1) is 0 Å². The van der Waals surface area contributed by atoms with E-state index in [9.17, 15) is 9.59 Å². The molecule has 1 aromatic heterocycles. The molecule has 0 unspecified atom stereocenters. The molecule has 1 aliphatic heterocycles. The highest BCUT2D eigenvalue weighted by Crippen LogP contribution is 2.26. The van der Waals surface area contributed by atoms with E-state index in [1.165, 1.54) is 12.5 Å². The number of nitrogens with zero attached hydrogens (tertiary/aromatic N) is 3. The number of ether oxygens (including phenoxy) is 1. The highest BCUT2D eigenvalue weighted by Gasteiger charge is 2.24. The Balaban J connectivity index is 1.56. The van der Waals surface area contributed by atoms with E-state index >= 15 is 0 Å². The molecule has 1 saturated heterocycles. The summed E-state index contributed by atoms with van der Waals surface area (Å²) in [4.78, 5) is 28.0. The smallest absolute Gasteiger partial charge is 0.275 e. The lowest BCUT2D eigenvalue weighted by Gasteiger charge is -2.35. The maximum Gasteiger partial charge on any atom is 0.275 e. The summed E-state index contributed by atoms with van der Waals surface area (Å²) in [5, 5.41) is 7.36. The Morgan fingerprint density at radius 2 is 1.76 bits per heavy atom. The first kappa shape index (κ1) is 22.7. The van der Waals surface area contributed by atoms with E-state index in [1.807, 2.05) is 54.6 Å². The van der Waals surface area contributed by atoms with Crippen molar-refractivity contribution in [2.75, 3.05) is 26.7 Å². The monoisotopic (exact) mass is 446 g/mol. The van der Waals surface area contributed by atoms with E-state index in [0.717, 1.165) is 42.9 Å². The fourth-order valence-corrected chi connectivity index (χ4v) is 4.32. The molecule has 1 atom stereocenters. The molecule has 1 N–H and O–H groups in total. The number of amides is 1. The van der Waals surface area contributed by atoms with E-state index < -0.39 is 5.91 Å². The van der Waals surface area contributed by atoms with Gasteiger partial charge in [0, 0.05) is 18.3 Å². The van der Waals surface area contributed by atoms with E-state index in [1.54, 1.807) is 18.7 Å². The average Bonchev–Trinajstić information content (AvgIpc) is 2.85. The third kappa shape index (κ3) is 5.31. The minimum atomic E-state index is -0.458. The predicted molar refractivity (Wildman–Crippen MR) is 128 cm³/mol. The summed E-state index contributed by atoms with van der Waals surface area (Å²) in [6.07, 6.45) is 3.51. The van der Waals surface area contributed by atoms with Crippen molar-refractivity contribution in [2.24, 2.45) is 0 Å². The largest absolute Gasteiger partial charge is 0.497 e. The molecular weight excluding hydrogens is 416 g/mol. The number of aromatic nitrogens is 2. The number of rotatable bonds is 7. The molecule has 0 bridgehead atoms. The maximum absolute atomic E-state index is 13.1. The van der Waals surface area contributed by atoms with E-state index in [0.29, 0.717) is 12.2 Å². The van der Waals surface area contributed by atoms with Gasteiger partial charge in [0.2, 0.25) is 5.43 Å². The molecule has 2 aromatic carbocycles. The molecule has 0 aliphatic carbocycles. The van der Waals surface area contributed by atoms with Gasteiger partial charge < -0.3 is 10.1 Å². The predicted octanol–water partition coefficient (Wildman–Crippen LogP) is 3.51. The van der Waals surface area contributed by atoms with Crippen molar-refractivity contribution in [3.63, 3.8) is 0 Å². The van der Waals surface area contributed by atoms with Gasteiger partial charge in [0.05, 0.1) is 18.8 Å². The van der Waals surface area contributed by atoms with Gasteiger partial charge in [-0.3, -0.25) is 14.5 Å². The number of piperidine rings is 1. The Morgan fingerprint density at radius 3 is 2.42 bits per heavy atom. The standard InChI is InChI=1S/C26H30N4O3/c1-19-17-24(31)25(28-30(19)21-9-5-3-6-10-21)26(32)27-18-23(29-15-7-4-8-16-29)20-11-13-22(33-2)14-12-20/h3,5-6,9-14,17,23H,4,7-8,15-16,18H2,1-2H3,(H,27,32)/t23-/m1/s1. The van der Waals surface area contributed by atoms with Gasteiger partial charge in [-0.25, -0.2) is 4.68 Å². The van der Waals surface area contributed by atoms with Gasteiger partial charge in [0.1, 0.15) is 5.75 Å². The molecule has 2 heterocycles. The van der Waals surface area contributed by atoms with Crippen LogP contribution in [-0.2, 0) is 0 Å². The summed E-state index contributed by atoms with van der Waals surface area (Å²) in [5.41, 5.74) is 2.10. The molecule has 1 fully saturated rings. The highest BCUT2D eigenvalue weighted by molar-refractivity contribution is 5.92. The van der Waals surface area contributed by atoms with Crippen LogP contribution < -0.4 is 15.5 Å². The number of aryl methyl sites for hydroxylation is 1. The summed E-state index contributed by atoms with van der Waals surface area (Å²) in [6.45, 7) is 4.16. The highest BCUT2D eigenvalue weighted by atomic mass is 16.5. The third-order valence-corrected chi connectivity index (χ3v) is 6.11. The van der Waals surface area contributed by atoms with Crippen LogP contribution in [0.25, 0.3) is 5.69 Å². The molecule has 172 valence electrons. The topological polar surface area (TPSA) is 76.5 Å². The molecule has 1 aliphatic rings. The molecule has 3 aromatic rings. The minimum Gasteiger partial charge on any atom is -0.497 e. The van der Waals surface area contributed by atoms with E-state index in [2.05, 4.69) is 15.3 Å². The van der Waals surface area contributed by atoms with Crippen LogP contribution in [0.1, 0.15) is 47.1 Å². The van der Waals surface area contributed by atoms with E-state index in [-0.39, 0.29) is 17.2 Å². The third-order valence-electron chi connectivity index (χ3n) is 6.11. The zero-order valence-corrected chi connectivity index (χ0v) is 19.2.